The highest BCUT2D eigenvalue weighted by molar-refractivity contribution is 5.95. The predicted octanol–water partition coefficient (Wildman–Crippen LogP) is 2.56. The van der Waals surface area contributed by atoms with Gasteiger partial charge in [0.05, 0.1) is 12.3 Å². The Morgan fingerprint density at radius 3 is 2.71 bits per heavy atom. The third kappa shape index (κ3) is 4.29. The van der Waals surface area contributed by atoms with Gasteiger partial charge < -0.3 is 19.1 Å². The van der Waals surface area contributed by atoms with Gasteiger partial charge in [0, 0.05) is 44.9 Å². The molecular formula is C23H23N3O5. The largest absolute Gasteiger partial charge is 0.454 e. The highest BCUT2D eigenvalue weighted by Gasteiger charge is 2.23. The summed E-state index contributed by atoms with van der Waals surface area (Å²) in [4.78, 5) is 32.5. The Labute approximate surface area is 179 Å². The van der Waals surface area contributed by atoms with Crippen molar-refractivity contribution in [1.29, 1.82) is 0 Å². The monoisotopic (exact) mass is 421 g/mol. The van der Waals surface area contributed by atoms with Crippen LogP contribution in [-0.2, 0) is 11.3 Å². The summed E-state index contributed by atoms with van der Waals surface area (Å²) in [5.41, 5.74) is 1.88. The first-order valence-electron chi connectivity index (χ1n) is 9.88. The molecule has 0 radical (unpaired) electrons. The average Bonchev–Trinajstić information content (AvgIpc) is 3.25. The van der Waals surface area contributed by atoms with Gasteiger partial charge in [-0.15, -0.1) is 0 Å². The van der Waals surface area contributed by atoms with Gasteiger partial charge in [-0.3, -0.25) is 19.1 Å². The van der Waals surface area contributed by atoms with Crippen LogP contribution >= 0.6 is 0 Å². The van der Waals surface area contributed by atoms with Gasteiger partial charge in [0.1, 0.15) is 5.56 Å². The van der Waals surface area contributed by atoms with Gasteiger partial charge in [0.25, 0.3) is 11.5 Å². The molecule has 3 heterocycles. The molecule has 0 fully saturated rings. The lowest BCUT2D eigenvalue weighted by Gasteiger charge is -2.23. The molecule has 0 unspecified atom stereocenters. The van der Waals surface area contributed by atoms with Crippen LogP contribution < -0.4 is 15.0 Å². The van der Waals surface area contributed by atoms with Crippen molar-refractivity contribution in [1.82, 2.24) is 14.5 Å². The van der Waals surface area contributed by atoms with E-state index in [1.807, 2.05) is 12.1 Å². The minimum atomic E-state index is -0.388. The summed E-state index contributed by atoms with van der Waals surface area (Å²) in [6.45, 7) is 2.98. The zero-order valence-electron chi connectivity index (χ0n) is 17.4. The van der Waals surface area contributed by atoms with Crippen molar-refractivity contribution in [3.8, 4) is 17.2 Å². The van der Waals surface area contributed by atoms with Gasteiger partial charge >= 0.3 is 0 Å². The van der Waals surface area contributed by atoms with E-state index >= 15 is 0 Å². The molecule has 31 heavy (non-hydrogen) atoms. The smallest absolute Gasteiger partial charge is 0.268 e. The Hall–Kier alpha value is -3.65. The molecule has 0 atom stereocenters. The zero-order chi connectivity index (χ0) is 21.8. The molecule has 0 bridgehead atoms. The summed E-state index contributed by atoms with van der Waals surface area (Å²) in [6.07, 6.45) is 5.01. The van der Waals surface area contributed by atoms with Crippen LogP contribution in [0.2, 0.25) is 0 Å². The van der Waals surface area contributed by atoms with Crippen molar-refractivity contribution in [3.05, 3.63) is 82.0 Å². The maximum atomic E-state index is 13.5. The number of fused-ring (bicyclic) bond motifs is 1. The summed E-state index contributed by atoms with van der Waals surface area (Å²) < 4.78 is 17.4. The number of pyridine rings is 2. The van der Waals surface area contributed by atoms with Crippen molar-refractivity contribution in [2.75, 3.05) is 27.1 Å². The number of aromatic nitrogens is 2. The van der Waals surface area contributed by atoms with E-state index in [0.717, 1.165) is 5.56 Å². The number of aryl methyl sites for hydroxylation is 1. The third-order valence-electron chi connectivity index (χ3n) is 5.12. The third-order valence-corrected chi connectivity index (χ3v) is 5.12. The van der Waals surface area contributed by atoms with Crippen LogP contribution in [0.1, 0.15) is 21.5 Å². The number of carbonyl (C=O) groups is 1. The van der Waals surface area contributed by atoms with E-state index in [1.165, 1.54) is 4.57 Å². The molecule has 160 valence electrons. The minimum absolute atomic E-state index is 0.130. The van der Waals surface area contributed by atoms with Gasteiger partial charge in [0.2, 0.25) is 6.79 Å². The van der Waals surface area contributed by atoms with Crippen molar-refractivity contribution in [3.63, 3.8) is 0 Å². The summed E-state index contributed by atoms with van der Waals surface area (Å²) in [5.74, 6) is 0.854. The maximum Gasteiger partial charge on any atom is 0.268 e. The van der Waals surface area contributed by atoms with Crippen LogP contribution in [0.3, 0.4) is 0 Å². The molecule has 8 nitrogen and oxygen atoms in total. The van der Waals surface area contributed by atoms with Crippen molar-refractivity contribution in [2.45, 2.75) is 13.5 Å². The Morgan fingerprint density at radius 1 is 1.16 bits per heavy atom. The fraction of sp³-hybridized carbons (Fsp3) is 0.261. The summed E-state index contributed by atoms with van der Waals surface area (Å²) in [6, 6.07) is 10.7. The van der Waals surface area contributed by atoms with Crippen molar-refractivity contribution >= 4 is 5.91 Å². The normalized spacial score (nSPS) is 12.1. The molecule has 1 aromatic carbocycles. The molecule has 3 aromatic rings. The highest BCUT2D eigenvalue weighted by Crippen LogP contribution is 2.33. The van der Waals surface area contributed by atoms with Gasteiger partial charge in [-0.1, -0.05) is 0 Å². The summed E-state index contributed by atoms with van der Waals surface area (Å²) >= 11 is 0. The Bertz CT molecular complexity index is 1140. The van der Waals surface area contributed by atoms with E-state index in [4.69, 9.17) is 14.2 Å². The Kier molecular flexibility index (Phi) is 5.99. The molecule has 8 heteroatoms. The van der Waals surface area contributed by atoms with E-state index in [1.54, 1.807) is 61.8 Å². The molecule has 0 N–H and O–H groups in total. The van der Waals surface area contributed by atoms with E-state index < -0.39 is 0 Å². The van der Waals surface area contributed by atoms with Gasteiger partial charge in [-0.25, -0.2) is 0 Å². The fourth-order valence-electron chi connectivity index (χ4n) is 3.45. The molecular weight excluding hydrogens is 398 g/mol. The Balaban J connectivity index is 1.70. The topological polar surface area (TPSA) is 82.9 Å². The SMILES string of the molecule is COCCN(Cc1ccncc1)C(=O)c1c(C)ccn(-c2ccc3c(c2)OCO3)c1=O. The van der Waals surface area contributed by atoms with Crippen LogP contribution in [0.15, 0.2) is 59.8 Å². The number of amides is 1. The van der Waals surface area contributed by atoms with E-state index in [0.29, 0.717) is 42.4 Å². The molecule has 1 aliphatic rings. The van der Waals surface area contributed by atoms with Crippen molar-refractivity contribution in [2.24, 2.45) is 0 Å². The predicted molar refractivity (Wildman–Crippen MR) is 114 cm³/mol. The molecule has 2 aromatic heterocycles. The van der Waals surface area contributed by atoms with Gasteiger partial charge in [0.15, 0.2) is 11.5 Å². The van der Waals surface area contributed by atoms with Gasteiger partial charge in [-0.2, -0.15) is 0 Å². The summed E-state index contributed by atoms with van der Waals surface area (Å²) in [5, 5.41) is 0. The lowest BCUT2D eigenvalue weighted by molar-refractivity contribution is 0.0677. The van der Waals surface area contributed by atoms with Gasteiger partial charge in [-0.05, 0) is 48.4 Å². The first kappa shape index (κ1) is 20.6. The highest BCUT2D eigenvalue weighted by atomic mass is 16.7. The first-order valence-corrected chi connectivity index (χ1v) is 9.88. The number of hydrogen-bond acceptors (Lipinski definition) is 6. The Morgan fingerprint density at radius 2 is 1.94 bits per heavy atom. The molecule has 0 saturated carbocycles. The second-order valence-electron chi connectivity index (χ2n) is 7.16. The average molecular weight is 421 g/mol. The van der Waals surface area contributed by atoms with E-state index in [2.05, 4.69) is 4.98 Å². The second kappa shape index (κ2) is 9.01. The summed E-state index contributed by atoms with van der Waals surface area (Å²) in [7, 11) is 1.58. The van der Waals surface area contributed by atoms with Crippen LogP contribution in [0.25, 0.3) is 5.69 Å². The maximum absolute atomic E-state index is 13.5. The molecule has 0 aliphatic carbocycles. The van der Waals surface area contributed by atoms with E-state index in [-0.39, 0.29) is 23.8 Å². The standard InChI is InChI=1S/C23H23N3O5/c1-16-7-10-26(18-3-4-19-20(13-18)31-15-30-19)23(28)21(16)22(27)25(11-12-29-2)14-17-5-8-24-9-6-17/h3-10,13H,11-12,14-15H2,1-2H3. The van der Waals surface area contributed by atoms with Crippen LogP contribution in [0, 0.1) is 6.92 Å². The number of methoxy groups -OCH3 is 1. The fourth-order valence-corrected chi connectivity index (χ4v) is 3.45. The molecule has 4 rings (SSSR count). The number of nitrogens with zero attached hydrogens (tertiary/aromatic N) is 3. The number of benzene rings is 1. The number of ether oxygens (including phenoxy) is 3. The zero-order valence-corrected chi connectivity index (χ0v) is 17.4. The molecule has 1 aliphatic heterocycles. The van der Waals surface area contributed by atoms with E-state index in [9.17, 15) is 9.59 Å². The quantitative estimate of drug-likeness (QED) is 0.583. The van der Waals surface area contributed by atoms with Crippen LogP contribution in [-0.4, -0.2) is 47.4 Å². The van der Waals surface area contributed by atoms with Crippen molar-refractivity contribution < 1.29 is 19.0 Å². The minimum Gasteiger partial charge on any atom is -0.454 e. The first-order chi connectivity index (χ1) is 15.1. The molecule has 0 saturated heterocycles. The second-order valence-corrected chi connectivity index (χ2v) is 7.16. The molecule has 0 spiro atoms. The number of hydrogen-bond donors (Lipinski definition) is 0. The number of carbonyl (C=O) groups excluding carboxylic acids is 1. The number of rotatable bonds is 7. The van der Waals surface area contributed by atoms with Crippen LogP contribution in [0.4, 0.5) is 0 Å². The lowest BCUT2D eigenvalue weighted by Crippen LogP contribution is -2.38. The lowest BCUT2D eigenvalue weighted by atomic mass is 10.1. The van der Waals surface area contributed by atoms with Crippen LogP contribution in [0.5, 0.6) is 11.5 Å². The molecule has 1 amide bonds.